The molecule has 1 aliphatic heterocycles. The third-order valence-corrected chi connectivity index (χ3v) is 6.11. The van der Waals surface area contributed by atoms with Crippen molar-refractivity contribution < 1.29 is 14.3 Å². The second kappa shape index (κ2) is 6.38. The summed E-state index contributed by atoms with van der Waals surface area (Å²) in [4.78, 5) is 31.8. The van der Waals surface area contributed by atoms with Gasteiger partial charge in [0.1, 0.15) is 11.4 Å². The van der Waals surface area contributed by atoms with Crippen LogP contribution in [0, 0.1) is 0 Å². The highest BCUT2D eigenvalue weighted by Crippen LogP contribution is 2.34. The fourth-order valence-corrected chi connectivity index (χ4v) is 4.84. The van der Waals surface area contributed by atoms with Crippen LogP contribution in [-0.2, 0) is 24.2 Å². The number of carbonyl (C=O) groups excluding carboxylic acids is 1. The maximum atomic E-state index is 12.9. The molecule has 8 heteroatoms. The molecule has 27 heavy (non-hydrogen) atoms. The van der Waals surface area contributed by atoms with Gasteiger partial charge in [-0.15, -0.1) is 11.3 Å². The Balaban J connectivity index is 1.40. The third-order valence-electron chi connectivity index (χ3n) is 4.91. The monoisotopic (exact) mass is 383 g/mol. The molecule has 1 aromatic carbocycles. The minimum Gasteiger partial charge on any atom is -0.454 e. The Morgan fingerprint density at radius 1 is 1.22 bits per heavy atom. The lowest BCUT2D eigenvalue weighted by Gasteiger charge is -2.11. The number of amides is 1. The van der Waals surface area contributed by atoms with E-state index in [-0.39, 0.29) is 24.8 Å². The van der Waals surface area contributed by atoms with E-state index in [9.17, 15) is 9.59 Å². The Bertz CT molecular complexity index is 1120. The number of benzene rings is 1. The van der Waals surface area contributed by atoms with Crippen LogP contribution in [0.15, 0.2) is 29.3 Å². The van der Waals surface area contributed by atoms with E-state index in [1.54, 1.807) is 29.5 Å². The SMILES string of the molecule is O=C(Cn1cnc2sc3c(c2c1=O)CCCC3)Nc1ccc2c(c1)OCO2. The number of aryl methyl sites for hydroxylation is 2. The van der Waals surface area contributed by atoms with Gasteiger partial charge in [-0.3, -0.25) is 14.2 Å². The number of carbonyl (C=O) groups is 1. The standard InChI is InChI=1S/C19H17N3O4S/c23-16(21-11-5-6-13-14(7-11)26-10-25-13)8-22-9-20-18-17(19(22)24)12-3-1-2-4-15(12)27-18/h5-7,9H,1-4,8,10H2,(H,21,23). The molecule has 1 N–H and O–H groups in total. The summed E-state index contributed by atoms with van der Waals surface area (Å²) in [5, 5.41) is 3.48. The van der Waals surface area contributed by atoms with E-state index in [1.165, 1.54) is 15.8 Å². The maximum absolute atomic E-state index is 12.9. The lowest BCUT2D eigenvalue weighted by atomic mass is 9.97. The first kappa shape index (κ1) is 16.3. The summed E-state index contributed by atoms with van der Waals surface area (Å²) in [6.07, 6.45) is 5.65. The van der Waals surface area contributed by atoms with Crippen LogP contribution >= 0.6 is 11.3 Å². The Hall–Kier alpha value is -2.87. The Morgan fingerprint density at radius 2 is 2.07 bits per heavy atom. The molecule has 0 spiro atoms. The van der Waals surface area contributed by atoms with Crippen molar-refractivity contribution in [1.82, 2.24) is 9.55 Å². The number of aromatic nitrogens is 2. The van der Waals surface area contributed by atoms with Crippen molar-refractivity contribution in [2.75, 3.05) is 12.1 Å². The highest BCUT2D eigenvalue weighted by Gasteiger charge is 2.20. The van der Waals surface area contributed by atoms with Crippen molar-refractivity contribution >= 4 is 33.1 Å². The van der Waals surface area contributed by atoms with Gasteiger partial charge in [-0.1, -0.05) is 0 Å². The fraction of sp³-hybridized carbons (Fsp3) is 0.316. The maximum Gasteiger partial charge on any atom is 0.262 e. The lowest BCUT2D eigenvalue weighted by Crippen LogP contribution is -2.28. The van der Waals surface area contributed by atoms with Crippen LogP contribution in [-0.4, -0.2) is 22.3 Å². The predicted octanol–water partition coefficient (Wildman–Crippen LogP) is 2.70. The molecular formula is C19H17N3O4S. The van der Waals surface area contributed by atoms with E-state index < -0.39 is 0 Å². The van der Waals surface area contributed by atoms with Crippen LogP contribution in [0.25, 0.3) is 10.2 Å². The molecule has 2 aliphatic rings. The average Bonchev–Trinajstić information content (AvgIpc) is 3.28. The molecule has 0 bridgehead atoms. The van der Waals surface area contributed by atoms with Crippen molar-refractivity contribution in [3.8, 4) is 11.5 Å². The van der Waals surface area contributed by atoms with Gasteiger partial charge in [0.15, 0.2) is 11.5 Å². The van der Waals surface area contributed by atoms with Crippen LogP contribution in [0.1, 0.15) is 23.3 Å². The summed E-state index contributed by atoms with van der Waals surface area (Å²) >= 11 is 1.60. The first-order valence-corrected chi connectivity index (χ1v) is 9.70. The van der Waals surface area contributed by atoms with Crippen molar-refractivity contribution in [2.45, 2.75) is 32.2 Å². The molecule has 0 fully saturated rings. The quantitative estimate of drug-likeness (QED) is 0.752. The van der Waals surface area contributed by atoms with E-state index in [1.807, 2.05) is 0 Å². The number of thiophene rings is 1. The summed E-state index contributed by atoms with van der Waals surface area (Å²) in [5.74, 6) is 0.959. The average molecular weight is 383 g/mol. The van der Waals surface area contributed by atoms with Crippen LogP contribution in [0.4, 0.5) is 5.69 Å². The Labute approximate surface area is 158 Å². The minimum absolute atomic E-state index is 0.0825. The molecule has 1 aliphatic carbocycles. The molecule has 7 nitrogen and oxygen atoms in total. The predicted molar refractivity (Wildman–Crippen MR) is 102 cm³/mol. The van der Waals surface area contributed by atoms with Crippen LogP contribution in [0.3, 0.4) is 0 Å². The van der Waals surface area contributed by atoms with Gasteiger partial charge in [0.25, 0.3) is 5.56 Å². The molecule has 2 aromatic heterocycles. The number of hydrogen-bond donors (Lipinski definition) is 1. The summed E-state index contributed by atoms with van der Waals surface area (Å²) in [6.45, 7) is 0.0968. The van der Waals surface area contributed by atoms with Crippen molar-refractivity contribution in [3.63, 3.8) is 0 Å². The summed E-state index contributed by atoms with van der Waals surface area (Å²) in [7, 11) is 0. The zero-order chi connectivity index (χ0) is 18.4. The first-order chi connectivity index (χ1) is 13.2. The minimum atomic E-state index is -0.291. The third kappa shape index (κ3) is 2.86. The van der Waals surface area contributed by atoms with Crippen molar-refractivity contribution in [2.24, 2.45) is 0 Å². The van der Waals surface area contributed by atoms with Gasteiger partial charge in [-0.25, -0.2) is 4.98 Å². The van der Waals surface area contributed by atoms with E-state index >= 15 is 0 Å². The molecule has 1 amide bonds. The van der Waals surface area contributed by atoms with E-state index in [0.717, 1.165) is 36.1 Å². The van der Waals surface area contributed by atoms with Crippen molar-refractivity contribution in [1.29, 1.82) is 0 Å². The number of ether oxygens (including phenoxy) is 2. The molecular weight excluding hydrogens is 366 g/mol. The largest absolute Gasteiger partial charge is 0.454 e. The van der Waals surface area contributed by atoms with E-state index in [2.05, 4.69) is 10.3 Å². The highest BCUT2D eigenvalue weighted by molar-refractivity contribution is 7.18. The first-order valence-electron chi connectivity index (χ1n) is 8.88. The number of nitrogens with one attached hydrogen (secondary N) is 1. The zero-order valence-corrected chi connectivity index (χ0v) is 15.3. The number of nitrogens with zero attached hydrogens (tertiary/aromatic N) is 2. The number of anilines is 1. The second-order valence-corrected chi connectivity index (χ2v) is 7.77. The van der Waals surface area contributed by atoms with E-state index in [4.69, 9.17) is 9.47 Å². The van der Waals surface area contributed by atoms with Gasteiger partial charge in [0.2, 0.25) is 12.7 Å². The molecule has 0 atom stereocenters. The number of fused-ring (bicyclic) bond motifs is 4. The van der Waals surface area contributed by atoms with Gasteiger partial charge < -0.3 is 14.8 Å². The van der Waals surface area contributed by atoms with Crippen molar-refractivity contribution in [3.05, 3.63) is 45.3 Å². The van der Waals surface area contributed by atoms with Gasteiger partial charge in [0, 0.05) is 16.6 Å². The Morgan fingerprint density at radius 3 is 3.00 bits per heavy atom. The smallest absolute Gasteiger partial charge is 0.262 e. The molecule has 3 aromatic rings. The highest BCUT2D eigenvalue weighted by atomic mass is 32.1. The van der Waals surface area contributed by atoms with Crippen LogP contribution < -0.4 is 20.3 Å². The van der Waals surface area contributed by atoms with Gasteiger partial charge in [-0.2, -0.15) is 0 Å². The van der Waals surface area contributed by atoms with Gasteiger partial charge >= 0.3 is 0 Å². The number of rotatable bonds is 3. The molecule has 0 saturated carbocycles. The fourth-order valence-electron chi connectivity index (χ4n) is 3.62. The molecule has 0 unspecified atom stereocenters. The van der Waals surface area contributed by atoms with Crippen LogP contribution in [0.2, 0.25) is 0 Å². The molecule has 138 valence electrons. The van der Waals surface area contributed by atoms with Crippen LogP contribution in [0.5, 0.6) is 11.5 Å². The topological polar surface area (TPSA) is 82.5 Å². The van der Waals surface area contributed by atoms with Gasteiger partial charge in [-0.05, 0) is 43.4 Å². The summed E-state index contributed by atoms with van der Waals surface area (Å²) < 4.78 is 12.0. The lowest BCUT2D eigenvalue weighted by molar-refractivity contribution is -0.116. The number of hydrogen-bond acceptors (Lipinski definition) is 6. The zero-order valence-electron chi connectivity index (χ0n) is 14.5. The summed E-state index contributed by atoms with van der Waals surface area (Å²) in [6, 6.07) is 5.19. The summed E-state index contributed by atoms with van der Waals surface area (Å²) in [5.41, 5.74) is 1.59. The van der Waals surface area contributed by atoms with E-state index in [0.29, 0.717) is 22.6 Å². The molecule has 3 heterocycles. The normalized spacial score (nSPS) is 15.0. The molecule has 5 rings (SSSR count). The molecule has 0 saturated heterocycles. The molecule has 0 radical (unpaired) electrons. The Kier molecular flexibility index (Phi) is 3.86. The van der Waals surface area contributed by atoms with Gasteiger partial charge in [0.05, 0.1) is 11.7 Å². The second-order valence-electron chi connectivity index (χ2n) is 6.68.